The number of fused-ring (bicyclic) bond motifs is 1. The molecule has 5 nitrogen and oxygen atoms in total. The second-order valence-corrected chi connectivity index (χ2v) is 6.99. The molecule has 2 amide bonds. The number of aromatic nitrogens is 1. The summed E-state index contributed by atoms with van der Waals surface area (Å²) in [4.78, 5) is 33.6. The molecule has 0 spiro atoms. The molecule has 0 N–H and O–H groups in total. The van der Waals surface area contributed by atoms with Gasteiger partial charge in [0.15, 0.2) is 0 Å². The van der Waals surface area contributed by atoms with Crippen molar-refractivity contribution in [3.63, 3.8) is 0 Å². The highest BCUT2D eigenvalue weighted by molar-refractivity contribution is 6.10. The molecule has 0 bridgehead atoms. The second-order valence-electron chi connectivity index (χ2n) is 6.99. The Balaban J connectivity index is 1.62. The molecule has 0 fully saturated rings. The van der Waals surface area contributed by atoms with Crippen molar-refractivity contribution in [2.75, 3.05) is 16.8 Å². The van der Waals surface area contributed by atoms with E-state index in [-0.39, 0.29) is 23.6 Å². The molecule has 5 heteroatoms. The van der Waals surface area contributed by atoms with Crippen molar-refractivity contribution in [1.29, 1.82) is 0 Å². The molecular weight excluding hydrogens is 350 g/mol. The van der Waals surface area contributed by atoms with Crippen LogP contribution in [0.2, 0.25) is 0 Å². The highest BCUT2D eigenvalue weighted by Crippen LogP contribution is 2.32. The largest absolute Gasteiger partial charge is 0.311 e. The molecule has 0 saturated heterocycles. The zero-order valence-electron chi connectivity index (χ0n) is 15.9. The predicted molar refractivity (Wildman–Crippen MR) is 110 cm³/mol. The average molecular weight is 371 g/mol. The fraction of sp³-hybridized carbons (Fsp3) is 0.174. The Bertz CT molecular complexity index is 1030. The number of amides is 2. The SMILES string of the molecule is CC1Cc2ccccc2N1C(=O)c1cc(C(=O)N(C)c2ccccc2)ccn1. The van der Waals surface area contributed by atoms with Gasteiger partial charge in [-0.3, -0.25) is 14.6 Å². The van der Waals surface area contributed by atoms with E-state index in [4.69, 9.17) is 0 Å². The van der Waals surface area contributed by atoms with Crippen molar-refractivity contribution in [2.24, 2.45) is 0 Å². The second kappa shape index (κ2) is 7.27. The fourth-order valence-electron chi connectivity index (χ4n) is 3.64. The number of hydrogen-bond acceptors (Lipinski definition) is 3. The molecule has 140 valence electrons. The molecule has 1 aliphatic rings. The van der Waals surface area contributed by atoms with Crippen LogP contribution in [0.25, 0.3) is 0 Å². The van der Waals surface area contributed by atoms with E-state index in [0.29, 0.717) is 5.56 Å². The van der Waals surface area contributed by atoms with Gasteiger partial charge in [-0.25, -0.2) is 0 Å². The summed E-state index contributed by atoms with van der Waals surface area (Å²) in [6, 6.07) is 20.6. The topological polar surface area (TPSA) is 53.5 Å². The lowest BCUT2D eigenvalue weighted by Crippen LogP contribution is -2.36. The third-order valence-electron chi connectivity index (χ3n) is 5.10. The van der Waals surface area contributed by atoms with Crippen molar-refractivity contribution in [2.45, 2.75) is 19.4 Å². The van der Waals surface area contributed by atoms with Crippen molar-refractivity contribution in [1.82, 2.24) is 4.98 Å². The standard InChI is InChI=1S/C23H21N3O2/c1-16-14-17-8-6-7-11-21(17)26(16)23(28)20-15-18(12-13-24-20)22(27)25(2)19-9-4-3-5-10-19/h3-13,15-16H,14H2,1-2H3. The van der Waals surface area contributed by atoms with Gasteiger partial charge in [0.1, 0.15) is 5.69 Å². The van der Waals surface area contributed by atoms with E-state index in [1.54, 1.807) is 29.0 Å². The van der Waals surface area contributed by atoms with Crippen LogP contribution in [0, 0.1) is 0 Å². The van der Waals surface area contributed by atoms with Gasteiger partial charge in [0.05, 0.1) is 0 Å². The average Bonchev–Trinajstić information content (AvgIpc) is 3.08. The van der Waals surface area contributed by atoms with Gasteiger partial charge in [-0.15, -0.1) is 0 Å². The maximum atomic E-state index is 13.2. The van der Waals surface area contributed by atoms with Crippen LogP contribution < -0.4 is 9.80 Å². The molecule has 1 unspecified atom stereocenters. The lowest BCUT2D eigenvalue weighted by Gasteiger charge is -2.23. The minimum absolute atomic E-state index is 0.0538. The highest BCUT2D eigenvalue weighted by atomic mass is 16.2. The first-order valence-electron chi connectivity index (χ1n) is 9.27. The number of nitrogens with zero attached hydrogens (tertiary/aromatic N) is 3. The maximum Gasteiger partial charge on any atom is 0.277 e. The van der Waals surface area contributed by atoms with Gasteiger partial charge in [0.25, 0.3) is 11.8 Å². The summed E-state index contributed by atoms with van der Waals surface area (Å²) in [5.41, 5.74) is 3.57. The molecule has 0 aliphatic carbocycles. The molecule has 0 radical (unpaired) electrons. The van der Waals surface area contributed by atoms with Gasteiger partial charge < -0.3 is 9.80 Å². The Kier molecular flexibility index (Phi) is 4.65. The highest BCUT2D eigenvalue weighted by Gasteiger charge is 2.32. The molecule has 1 atom stereocenters. The Labute approximate surface area is 164 Å². The Morgan fingerprint density at radius 1 is 1.04 bits per heavy atom. The monoisotopic (exact) mass is 371 g/mol. The summed E-state index contributed by atoms with van der Waals surface area (Å²) < 4.78 is 0. The number of pyridine rings is 1. The summed E-state index contributed by atoms with van der Waals surface area (Å²) in [6.45, 7) is 2.02. The van der Waals surface area contributed by atoms with Crippen LogP contribution in [0.4, 0.5) is 11.4 Å². The van der Waals surface area contributed by atoms with Crippen molar-refractivity contribution < 1.29 is 9.59 Å². The molecule has 0 saturated carbocycles. The summed E-state index contributed by atoms with van der Waals surface area (Å²) in [5.74, 6) is -0.369. The lowest BCUT2D eigenvalue weighted by molar-refractivity contribution is 0.0976. The molecule has 2 heterocycles. The van der Waals surface area contributed by atoms with E-state index in [0.717, 1.165) is 23.4 Å². The maximum absolute atomic E-state index is 13.2. The van der Waals surface area contributed by atoms with E-state index < -0.39 is 0 Å². The number of anilines is 2. The van der Waals surface area contributed by atoms with Crippen LogP contribution in [0.3, 0.4) is 0 Å². The first kappa shape index (κ1) is 17.9. The van der Waals surface area contributed by atoms with E-state index >= 15 is 0 Å². The third-order valence-corrected chi connectivity index (χ3v) is 5.10. The molecule has 2 aromatic carbocycles. The number of rotatable bonds is 3. The van der Waals surface area contributed by atoms with Gasteiger partial charge in [-0.05, 0) is 49.2 Å². The van der Waals surface area contributed by atoms with Gasteiger partial charge in [0, 0.05) is 36.2 Å². The summed E-state index contributed by atoms with van der Waals surface area (Å²) in [6.07, 6.45) is 2.34. The first-order chi connectivity index (χ1) is 13.6. The lowest BCUT2D eigenvalue weighted by atomic mass is 10.1. The molecular formula is C23H21N3O2. The molecule has 1 aliphatic heterocycles. The van der Waals surface area contributed by atoms with E-state index in [9.17, 15) is 9.59 Å². The molecule has 28 heavy (non-hydrogen) atoms. The zero-order chi connectivity index (χ0) is 19.7. The van der Waals surface area contributed by atoms with Crippen molar-refractivity contribution >= 4 is 23.2 Å². The quantitative estimate of drug-likeness (QED) is 0.700. The molecule has 3 aromatic rings. The van der Waals surface area contributed by atoms with Crippen LogP contribution in [-0.4, -0.2) is 29.9 Å². The molecule has 1 aromatic heterocycles. The van der Waals surface area contributed by atoms with E-state index in [1.807, 2.05) is 61.5 Å². The minimum atomic E-state index is -0.186. The third kappa shape index (κ3) is 3.16. The summed E-state index contributed by atoms with van der Waals surface area (Å²) in [5, 5.41) is 0. The van der Waals surface area contributed by atoms with Gasteiger partial charge in [0.2, 0.25) is 0 Å². The summed E-state index contributed by atoms with van der Waals surface area (Å²) >= 11 is 0. The number of para-hydroxylation sites is 2. The van der Waals surface area contributed by atoms with Crippen LogP contribution >= 0.6 is 0 Å². The fourth-order valence-corrected chi connectivity index (χ4v) is 3.64. The summed E-state index contributed by atoms with van der Waals surface area (Å²) in [7, 11) is 1.72. The van der Waals surface area contributed by atoms with E-state index in [2.05, 4.69) is 4.98 Å². The number of benzene rings is 2. The number of carbonyl (C=O) groups excluding carboxylic acids is 2. The Morgan fingerprint density at radius 2 is 1.75 bits per heavy atom. The zero-order valence-corrected chi connectivity index (χ0v) is 15.9. The Morgan fingerprint density at radius 3 is 2.54 bits per heavy atom. The van der Waals surface area contributed by atoms with E-state index in [1.165, 1.54) is 6.20 Å². The van der Waals surface area contributed by atoms with Gasteiger partial charge in [-0.1, -0.05) is 36.4 Å². The van der Waals surface area contributed by atoms with Crippen molar-refractivity contribution in [3.8, 4) is 0 Å². The minimum Gasteiger partial charge on any atom is -0.311 e. The van der Waals surface area contributed by atoms with Crippen LogP contribution in [-0.2, 0) is 6.42 Å². The van der Waals surface area contributed by atoms with Crippen LogP contribution in [0.5, 0.6) is 0 Å². The smallest absolute Gasteiger partial charge is 0.277 e. The normalized spacial score (nSPS) is 15.2. The van der Waals surface area contributed by atoms with Crippen LogP contribution in [0.1, 0.15) is 33.3 Å². The number of hydrogen-bond donors (Lipinski definition) is 0. The van der Waals surface area contributed by atoms with Gasteiger partial charge in [-0.2, -0.15) is 0 Å². The number of carbonyl (C=O) groups is 2. The predicted octanol–water partition coefficient (Wildman–Crippen LogP) is 3.95. The first-order valence-corrected chi connectivity index (χ1v) is 9.27. The van der Waals surface area contributed by atoms with Crippen molar-refractivity contribution in [3.05, 3.63) is 89.7 Å². The Hall–Kier alpha value is -3.47. The van der Waals surface area contributed by atoms with Crippen LogP contribution in [0.15, 0.2) is 72.9 Å². The molecule has 4 rings (SSSR count). The van der Waals surface area contributed by atoms with Gasteiger partial charge >= 0.3 is 0 Å².